The summed E-state index contributed by atoms with van der Waals surface area (Å²) in [6, 6.07) is 5.27. The standard InChI is InChI=1S/C28H28F4N8/c1-2-38-12-28(13-38)14-39(15-28)11-16-3-5-22(33-9-16)35-27-34-10-19(30)24(37-27)17-7-18(29)25-21(8-17)40-20(26(31)32)4-6-23(40)36-25/h3,5,7-10,20,26H,2,4,6,11-15H2,1H3,(H,33,34,35,37)/t20-/m0/s1. The van der Waals surface area contributed by atoms with E-state index >= 15 is 0 Å². The van der Waals surface area contributed by atoms with Crippen LogP contribution in [0.2, 0.25) is 0 Å². The molecule has 0 unspecified atom stereocenters. The monoisotopic (exact) mass is 552 g/mol. The quantitative estimate of drug-likeness (QED) is 0.330. The number of benzene rings is 1. The number of imidazole rings is 1. The smallest absolute Gasteiger partial charge is 0.259 e. The molecule has 1 atom stereocenters. The molecule has 1 spiro atoms. The van der Waals surface area contributed by atoms with E-state index in [2.05, 4.69) is 42.0 Å². The van der Waals surface area contributed by atoms with Gasteiger partial charge >= 0.3 is 0 Å². The average Bonchev–Trinajstić information content (AvgIpc) is 3.47. The summed E-state index contributed by atoms with van der Waals surface area (Å²) in [4.78, 5) is 21.8. The van der Waals surface area contributed by atoms with Crippen LogP contribution < -0.4 is 5.32 Å². The number of aryl methyl sites for hydroxylation is 1. The highest BCUT2D eigenvalue weighted by Gasteiger charge is 2.50. The van der Waals surface area contributed by atoms with Crippen LogP contribution in [0.25, 0.3) is 22.3 Å². The van der Waals surface area contributed by atoms with Gasteiger partial charge in [-0.3, -0.25) is 4.90 Å². The molecule has 4 aromatic rings. The Balaban J connectivity index is 1.08. The molecular weight excluding hydrogens is 524 g/mol. The van der Waals surface area contributed by atoms with Crippen LogP contribution in [0, 0.1) is 17.0 Å². The Morgan fingerprint density at radius 2 is 1.80 bits per heavy atom. The predicted octanol–water partition coefficient (Wildman–Crippen LogP) is 4.80. The number of nitrogens with one attached hydrogen (secondary N) is 1. The van der Waals surface area contributed by atoms with E-state index in [0.717, 1.165) is 44.0 Å². The minimum Gasteiger partial charge on any atom is -0.319 e. The Labute approximate surface area is 228 Å². The van der Waals surface area contributed by atoms with Gasteiger partial charge in [0, 0.05) is 56.3 Å². The van der Waals surface area contributed by atoms with Gasteiger partial charge in [0.1, 0.15) is 22.9 Å². The molecule has 1 aromatic carbocycles. The second-order valence-corrected chi connectivity index (χ2v) is 11.2. The Kier molecular flexibility index (Phi) is 6.00. The number of rotatable bonds is 7. The third-order valence-electron chi connectivity index (χ3n) is 8.28. The largest absolute Gasteiger partial charge is 0.319 e. The Morgan fingerprint density at radius 1 is 1.00 bits per heavy atom. The molecule has 0 amide bonds. The van der Waals surface area contributed by atoms with Crippen LogP contribution in [0.4, 0.5) is 29.3 Å². The van der Waals surface area contributed by atoms with Gasteiger partial charge in [0.05, 0.1) is 17.8 Å². The topological polar surface area (TPSA) is 75.0 Å². The van der Waals surface area contributed by atoms with Crippen molar-refractivity contribution in [1.82, 2.24) is 34.3 Å². The summed E-state index contributed by atoms with van der Waals surface area (Å²) in [5, 5.41) is 2.97. The molecule has 208 valence electrons. The van der Waals surface area contributed by atoms with E-state index in [4.69, 9.17) is 0 Å². The molecule has 12 heteroatoms. The number of fused-ring (bicyclic) bond motifs is 3. The Bertz CT molecular complexity index is 1570. The lowest BCUT2D eigenvalue weighted by molar-refractivity contribution is -0.116. The maximum absolute atomic E-state index is 15.0. The molecule has 0 saturated carbocycles. The molecule has 0 bridgehead atoms. The van der Waals surface area contributed by atoms with Gasteiger partial charge in [-0.2, -0.15) is 0 Å². The fraction of sp³-hybridized carbons (Fsp3) is 0.429. The van der Waals surface area contributed by atoms with Gasteiger partial charge in [-0.05, 0) is 36.7 Å². The fourth-order valence-electron chi connectivity index (χ4n) is 6.46. The lowest BCUT2D eigenvalue weighted by Gasteiger charge is -2.60. The van der Waals surface area contributed by atoms with Crippen molar-refractivity contribution in [2.75, 3.05) is 38.0 Å². The van der Waals surface area contributed by atoms with Crippen molar-refractivity contribution in [2.45, 2.75) is 38.8 Å². The number of nitrogens with zero attached hydrogens (tertiary/aromatic N) is 7. The molecule has 40 heavy (non-hydrogen) atoms. The molecule has 1 N–H and O–H groups in total. The molecule has 6 heterocycles. The van der Waals surface area contributed by atoms with Crippen molar-refractivity contribution in [3.63, 3.8) is 0 Å². The summed E-state index contributed by atoms with van der Waals surface area (Å²) in [5.74, 6) is -0.526. The normalized spacial score (nSPS) is 20.2. The molecule has 0 aliphatic carbocycles. The number of aromatic nitrogens is 5. The minimum atomic E-state index is -2.62. The van der Waals surface area contributed by atoms with Gasteiger partial charge in [0.25, 0.3) is 6.43 Å². The van der Waals surface area contributed by atoms with E-state index in [9.17, 15) is 17.6 Å². The van der Waals surface area contributed by atoms with Crippen molar-refractivity contribution in [2.24, 2.45) is 5.41 Å². The second-order valence-electron chi connectivity index (χ2n) is 11.2. The van der Waals surface area contributed by atoms with Gasteiger partial charge in [0.15, 0.2) is 11.6 Å². The van der Waals surface area contributed by atoms with E-state index in [0.29, 0.717) is 23.5 Å². The number of likely N-dealkylation sites (tertiary alicyclic amines) is 2. The Morgan fingerprint density at radius 3 is 2.52 bits per heavy atom. The van der Waals surface area contributed by atoms with Crippen LogP contribution in [0.3, 0.4) is 0 Å². The molecule has 7 rings (SSSR count). The first-order chi connectivity index (χ1) is 19.3. The lowest BCUT2D eigenvalue weighted by atomic mass is 9.73. The molecule has 3 aliphatic heterocycles. The van der Waals surface area contributed by atoms with Crippen LogP contribution in [0.5, 0.6) is 0 Å². The maximum Gasteiger partial charge on any atom is 0.259 e. The average molecular weight is 553 g/mol. The summed E-state index contributed by atoms with van der Waals surface area (Å²) in [5.41, 5.74) is 1.71. The molecule has 3 aliphatic rings. The van der Waals surface area contributed by atoms with Crippen molar-refractivity contribution in [3.05, 3.63) is 59.7 Å². The summed E-state index contributed by atoms with van der Waals surface area (Å²) in [6.45, 7) is 8.71. The summed E-state index contributed by atoms with van der Waals surface area (Å²) >= 11 is 0. The van der Waals surface area contributed by atoms with Gasteiger partial charge in [-0.15, -0.1) is 0 Å². The van der Waals surface area contributed by atoms with E-state index < -0.39 is 24.1 Å². The van der Waals surface area contributed by atoms with Crippen LogP contribution in [0.1, 0.15) is 30.8 Å². The first kappa shape index (κ1) is 25.3. The second kappa shape index (κ2) is 9.48. The van der Waals surface area contributed by atoms with Crippen LogP contribution in [0.15, 0.2) is 36.7 Å². The van der Waals surface area contributed by atoms with Crippen LogP contribution in [-0.4, -0.2) is 73.5 Å². The molecule has 3 aromatic heterocycles. The number of pyridine rings is 1. The molecule has 2 fully saturated rings. The molecule has 8 nitrogen and oxygen atoms in total. The highest BCUT2D eigenvalue weighted by atomic mass is 19.3. The lowest BCUT2D eigenvalue weighted by Crippen LogP contribution is -2.71. The zero-order valence-electron chi connectivity index (χ0n) is 21.9. The molecule has 2 saturated heterocycles. The van der Waals surface area contributed by atoms with Crippen molar-refractivity contribution in [1.29, 1.82) is 0 Å². The number of alkyl halides is 2. The number of hydrogen-bond donors (Lipinski definition) is 1. The minimum absolute atomic E-state index is 0.00906. The van der Waals surface area contributed by atoms with Crippen LogP contribution in [-0.2, 0) is 13.0 Å². The first-order valence-corrected chi connectivity index (χ1v) is 13.5. The molecular formula is C28H28F4N8. The van der Waals surface area contributed by atoms with E-state index in [1.54, 1.807) is 6.20 Å². The van der Waals surface area contributed by atoms with Gasteiger partial charge in [0.2, 0.25) is 5.95 Å². The number of hydrogen-bond acceptors (Lipinski definition) is 7. The van der Waals surface area contributed by atoms with Crippen LogP contribution >= 0.6 is 0 Å². The third-order valence-corrected chi connectivity index (χ3v) is 8.28. The van der Waals surface area contributed by atoms with E-state index in [-0.39, 0.29) is 34.7 Å². The van der Waals surface area contributed by atoms with Gasteiger partial charge in [-0.1, -0.05) is 13.0 Å². The van der Waals surface area contributed by atoms with Crippen molar-refractivity contribution in [3.8, 4) is 11.3 Å². The summed E-state index contributed by atoms with van der Waals surface area (Å²) < 4.78 is 58.4. The fourth-order valence-corrected chi connectivity index (χ4v) is 6.46. The Hall–Kier alpha value is -3.64. The summed E-state index contributed by atoms with van der Waals surface area (Å²) in [7, 11) is 0. The first-order valence-electron chi connectivity index (χ1n) is 13.5. The highest BCUT2D eigenvalue weighted by Crippen LogP contribution is 2.40. The van der Waals surface area contributed by atoms with Crippen molar-refractivity contribution >= 4 is 22.8 Å². The van der Waals surface area contributed by atoms with Gasteiger partial charge < -0.3 is 14.8 Å². The molecule has 0 radical (unpaired) electrons. The number of anilines is 2. The zero-order chi connectivity index (χ0) is 27.6. The predicted molar refractivity (Wildman–Crippen MR) is 141 cm³/mol. The van der Waals surface area contributed by atoms with E-state index in [1.807, 2.05) is 12.1 Å². The zero-order valence-corrected chi connectivity index (χ0v) is 21.9. The SMILES string of the molecule is CCN1CC2(C1)CN(Cc1ccc(Nc3ncc(F)c(-c4cc(F)c5nc6n(c5c4)[C@H](C(F)F)CC6)n3)nc1)C2. The third kappa shape index (κ3) is 4.29. The summed E-state index contributed by atoms with van der Waals surface area (Å²) in [6.07, 6.45) is 0.716. The maximum atomic E-state index is 15.0. The van der Waals surface area contributed by atoms with E-state index in [1.165, 1.54) is 23.7 Å². The van der Waals surface area contributed by atoms with Gasteiger partial charge in [-0.25, -0.2) is 37.5 Å². The van der Waals surface area contributed by atoms with Crippen molar-refractivity contribution < 1.29 is 17.6 Å². The number of halogens is 4. The highest BCUT2D eigenvalue weighted by molar-refractivity contribution is 5.83.